The third kappa shape index (κ3) is 2.97. The van der Waals surface area contributed by atoms with Gasteiger partial charge in [0.15, 0.2) is 0 Å². The Morgan fingerprint density at radius 2 is 2.00 bits per heavy atom. The highest BCUT2D eigenvalue weighted by Crippen LogP contribution is 2.37. The highest BCUT2D eigenvalue weighted by Gasteiger charge is 2.22. The van der Waals surface area contributed by atoms with Crippen LogP contribution < -0.4 is 11.5 Å². The lowest BCUT2D eigenvalue weighted by Gasteiger charge is -2.25. The summed E-state index contributed by atoms with van der Waals surface area (Å²) < 4.78 is 0. The number of nitrogens with one attached hydrogen (secondary N) is 1. The summed E-state index contributed by atoms with van der Waals surface area (Å²) in [5, 5.41) is 3.27. The maximum Gasteiger partial charge on any atom is 0.141 e. The largest absolute Gasteiger partial charge is 0.383 e. The number of aliphatic imine (C=N–C) groups is 1. The first-order valence-electron chi connectivity index (χ1n) is 8.45. The molecule has 4 nitrogen and oxygen atoms in total. The molecule has 0 unspecified atom stereocenters. The summed E-state index contributed by atoms with van der Waals surface area (Å²) in [4.78, 5) is 9.00. The van der Waals surface area contributed by atoms with Crippen molar-refractivity contribution in [2.45, 2.75) is 37.6 Å². The van der Waals surface area contributed by atoms with Crippen LogP contribution in [0.2, 0.25) is 0 Å². The smallest absolute Gasteiger partial charge is 0.141 e. The Labute approximate surface area is 145 Å². The van der Waals surface area contributed by atoms with Crippen molar-refractivity contribution in [2.75, 3.05) is 0 Å². The molecule has 0 atom stereocenters. The lowest BCUT2D eigenvalue weighted by atomic mass is 9.82. The molecule has 5 heteroatoms. The first-order valence-corrected chi connectivity index (χ1v) is 9.33. The Bertz CT molecular complexity index is 855. The predicted octanol–water partition coefficient (Wildman–Crippen LogP) is 4.25. The molecule has 3 aromatic rings. The van der Waals surface area contributed by atoms with Gasteiger partial charge in [-0.1, -0.05) is 6.07 Å². The zero-order valence-electron chi connectivity index (χ0n) is 13.5. The molecule has 1 saturated carbocycles. The Morgan fingerprint density at radius 1 is 1.17 bits per heavy atom. The Kier molecular flexibility index (Phi) is 4.12. The second-order valence-corrected chi connectivity index (χ2v) is 7.51. The molecule has 0 spiro atoms. The van der Waals surface area contributed by atoms with E-state index >= 15 is 0 Å². The predicted molar refractivity (Wildman–Crippen MR) is 102 cm³/mol. The molecule has 24 heavy (non-hydrogen) atoms. The van der Waals surface area contributed by atoms with E-state index in [2.05, 4.69) is 28.3 Å². The molecule has 0 aliphatic heterocycles. The third-order valence-electron chi connectivity index (χ3n) is 4.93. The maximum absolute atomic E-state index is 6.13. The molecule has 0 radical (unpaired) electrons. The fourth-order valence-corrected chi connectivity index (χ4v) is 4.21. The number of fused-ring (bicyclic) bond motifs is 1. The van der Waals surface area contributed by atoms with E-state index in [1.165, 1.54) is 23.8 Å². The first kappa shape index (κ1) is 15.4. The molecule has 1 aliphatic carbocycles. The first-order chi connectivity index (χ1) is 11.7. The number of hydrogen-bond donors (Lipinski definition) is 3. The Balaban J connectivity index is 1.67. The van der Waals surface area contributed by atoms with Crippen LogP contribution in [-0.2, 0) is 0 Å². The molecule has 2 heterocycles. The van der Waals surface area contributed by atoms with Crippen molar-refractivity contribution in [1.29, 1.82) is 0 Å². The van der Waals surface area contributed by atoms with Crippen LogP contribution in [0.15, 0.2) is 46.9 Å². The van der Waals surface area contributed by atoms with Crippen LogP contribution in [0.4, 0.5) is 5.69 Å². The Hall–Kier alpha value is -2.11. The number of aromatic nitrogens is 1. The highest BCUT2D eigenvalue weighted by atomic mass is 32.1. The molecule has 124 valence electrons. The van der Waals surface area contributed by atoms with Crippen LogP contribution in [0.1, 0.15) is 42.0 Å². The van der Waals surface area contributed by atoms with Crippen LogP contribution >= 0.6 is 11.3 Å². The lowest BCUT2D eigenvalue weighted by molar-refractivity contribution is 0.397. The van der Waals surface area contributed by atoms with Gasteiger partial charge in [0.25, 0.3) is 0 Å². The number of hydrogen-bond acceptors (Lipinski definition) is 3. The zero-order chi connectivity index (χ0) is 16.5. The second-order valence-electron chi connectivity index (χ2n) is 6.56. The van der Waals surface area contributed by atoms with Gasteiger partial charge in [0.1, 0.15) is 5.84 Å². The number of thiophene rings is 1. The maximum atomic E-state index is 6.13. The van der Waals surface area contributed by atoms with E-state index in [9.17, 15) is 0 Å². The van der Waals surface area contributed by atoms with Crippen molar-refractivity contribution in [1.82, 2.24) is 4.98 Å². The van der Waals surface area contributed by atoms with Gasteiger partial charge in [0.2, 0.25) is 0 Å². The van der Waals surface area contributed by atoms with Crippen molar-refractivity contribution < 1.29 is 0 Å². The number of nitrogens with zero attached hydrogens (tertiary/aromatic N) is 1. The quantitative estimate of drug-likeness (QED) is 0.493. The molecule has 1 fully saturated rings. The van der Waals surface area contributed by atoms with Gasteiger partial charge in [-0.3, -0.25) is 0 Å². The number of H-pyrrole nitrogens is 1. The van der Waals surface area contributed by atoms with E-state index in [-0.39, 0.29) is 0 Å². The number of nitrogens with two attached hydrogens (primary N) is 2. The summed E-state index contributed by atoms with van der Waals surface area (Å²) >= 11 is 1.61. The summed E-state index contributed by atoms with van der Waals surface area (Å²) in [7, 11) is 0. The lowest BCUT2D eigenvalue weighted by Crippen LogP contribution is -2.25. The van der Waals surface area contributed by atoms with E-state index < -0.39 is 0 Å². The third-order valence-corrected chi connectivity index (χ3v) is 5.82. The SMILES string of the molecule is NC(=Nc1ccc2[nH]cc(C3CCC(N)CC3)c2c1)c1cccs1. The fourth-order valence-electron chi connectivity index (χ4n) is 3.59. The minimum Gasteiger partial charge on any atom is -0.383 e. The van der Waals surface area contributed by atoms with Crippen LogP contribution in [0.25, 0.3) is 10.9 Å². The van der Waals surface area contributed by atoms with Crippen molar-refractivity contribution in [3.63, 3.8) is 0 Å². The number of rotatable bonds is 3. The van der Waals surface area contributed by atoms with Gasteiger partial charge in [-0.15, -0.1) is 11.3 Å². The molecule has 5 N–H and O–H groups in total. The second kappa shape index (κ2) is 6.42. The minimum absolute atomic E-state index is 0.372. The van der Waals surface area contributed by atoms with Gasteiger partial charge in [-0.05, 0) is 66.8 Å². The van der Waals surface area contributed by atoms with Crippen LogP contribution in [-0.4, -0.2) is 16.9 Å². The topological polar surface area (TPSA) is 80.2 Å². The van der Waals surface area contributed by atoms with Gasteiger partial charge < -0.3 is 16.5 Å². The zero-order valence-corrected chi connectivity index (χ0v) is 14.4. The molecule has 1 aliphatic rings. The van der Waals surface area contributed by atoms with E-state index in [0.29, 0.717) is 17.8 Å². The summed E-state index contributed by atoms with van der Waals surface area (Å²) in [5.41, 5.74) is 15.6. The van der Waals surface area contributed by atoms with Gasteiger partial charge in [-0.25, -0.2) is 4.99 Å². The molecule has 2 aromatic heterocycles. The van der Waals surface area contributed by atoms with E-state index in [1.807, 2.05) is 23.6 Å². The normalized spacial score (nSPS) is 22.1. The van der Waals surface area contributed by atoms with Crippen LogP contribution in [0, 0.1) is 0 Å². The summed E-state index contributed by atoms with van der Waals surface area (Å²) in [6.45, 7) is 0. The molecule has 0 bridgehead atoms. The molecular formula is C19H22N4S. The van der Waals surface area contributed by atoms with E-state index in [1.54, 1.807) is 11.3 Å². The van der Waals surface area contributed by atoms with Crippen molar-refractivity contribution in [3.8, 4) is 0 Å². The van der Waals surface area contributed by atoms with Crippen molar-refractivity contribution in [2.24, 2.45) is 16.5 Å². The highest BCUT2D eigenvalue weighted by molar-refractivity contribution is 7.12. The van der Waals surface area contributed by atoms with Gasteiger partial charge in [0, 0.05) is 23.1 Å². The van der Waals surface area contributed by atoms with E-state index in [4.69, 9.17) is 11.5 Å². The molecule has 0 saturated heterocycles. The molecule has 4 rings (SSSR count). The van der Waals surface area contributed by atoms with Crippen LogP contribution in [0.5, 0.6) is 0 Å². The number of benzene rings is 1. The van der Waals surface area contributed by atoms with Crippen molar-refractivity contribution in [3.05, 3.63) is 52.3 Å². The fraction of sp³-hybridized carbons (Fsp3) is 0.316. The summed E-state index contributed by atoms with van der Waals surface area (Å²) in [6, 6.07) is 10.6. The van der Waals surface area contributed by atoms with Gasteiger partial charge >= 0.3 is 0 Å². The average Bonchev–Trinajstić information content (AvgIpc) is 3.25. The van der Waals surface area contributed by atoms with Crippen molar-refractivity contribution >= 4 is 33.8 Å². The monoisotopic (exact) mass is 338 g/mol. The minimum atomic E-state index is 0.372. The number of aromatic amines is 1. The molecule has 1 aromatic carbocycles. The summed E-state index contributed by atoms with van der Waals surface area (Å²) in [5.74, 6) is 1.16. The Morgan fingerprint density at radius 3 is 2.75 bits per heavy atom. The van der Waals surface area contributed by atoms with Gasteiger partial charge in [-0.2, -0.15) is 0 Å². The number of amidine groups is 1. The molecule has 0 amide bonds. The van der Waals surface area contributed by atoms with Crippen LogP contribution in [0.3, 0.4) is 0 Å². The van der Waals surface area contributed by atoms with E-state index in [0.717, 1.165) is 28.9 Å². The standard InChI is InChI=1S/C19H22N4S/c20-13-5-3-12(4-6-13)16-11-22-17-8-7-14(10-15(16)17)23-19(21)18-2-1-9-24-18/h1-2,7-13,22H,3-6,20H2,(H2,21,23). The summed E-state index contributed by atoms with van der Waals surface area (Å²) in [6.07, 6.45) is 6.71. The van der Waals surface area contributed by atoms with Gasteiger partial charge in [0.05, 0.1) is 10.6 Å². The average molecular weight is 338 g/mol. The molecular weight excluding hydrogens is 316 g/mol.